The molecular formula is C11H7ClF3NO. The summed E-state index contributed by atoms with van der Waals surface area (Å²) >= 11 is 5.31. The van der Waals surface area contributed by atoms with Gasteiger partial charge in [0, 0.05) is 5.56 Å². The molecule has 0 aliphatic heterocycles. The summed E-state index contributed by atoms with van der Waals surface area (Å²) in [4.78, 5) is 11.4. The highest BCUT2D eigenvalue weighted by Crippen LogP contribution is 2.32. The molecule has 0 aliphatic carbocycles. The Morgan fingerprint density at radius 1 is 1.47 bits per heavy atom. The fourth-order valence-corrected chi connectivity index (χ4v) is 1.50. The van der Waals surface area contributed by atoms with Crippen LogP contribution in [0.15, 0.2) is 12.1 Å². The van der Waals surface area contributed by atoms with E-state index in [1.807, 2.05) is 0 Å². The molecule has 0 radical (unpaired) electrons. The number of carbonyl (C=O) groups excluding carboxylic acids is 1. The van der Waals surface area contributed by atoms with Gasteiger partial charge in [0.15, 0.2) is 5.78 Å². The Bertz CT molecular complexity index is 503. The number of alkyl halides is 4. The van der Waals surface area contributed by atoms with Gasteiger partial charge in [-0.05, 0) is 24.6 Å². The first-order valence-corrected chi connectivity index (χ1v) is 5.05. The Balaban J connectivity index is 3.51. The summed E-state index contributed by atoms with van der Waals surface area (Å²) in [6.07, 6.45) is -4.60. The maximum Gasteiger partial charge on any atom is 0.416 e. The maximum atomic E-state index is 12.5. The van der Waals surface area contributed by atoms with E-state index < -0.39 is 23.4 Å². The van der Waals surface area contributed by atoms with Crippen molar-refractivity contribution in [2.75, 3.05) is 5.88 Å². The van der Waals surface area contributed by atoms with E-state index in [9.17, 15) is 18.0 Å². The molecular weight excluding hydrogens is 255 g/mol. The van der Waals surface area contributed by atoms with Crippen molar-refractivity contribution in [3.05, 3.63) is 34.4 Å². The van der Waals surface area contributed by atoms with E-state index in [-0.39, 0.29) is 16.7 Å². The summed E-state index contributed by atoms with van der Waals surface area (Å²) in [5, 5.41) is 8.73. The van der Waals surface area contributed by atoms with Gasteiger partial charge in [-0.3, -0.25) is 4.79 Å². The molecule has 0 fully saturated rings. The maximum absolute atomic E-state index is 12.5. The standard InChI is InChI=1S/C11H7ClF3NO/c1-6-7(5-16)2-8(11(13,14)15)3-9(6)10(17)4-12/h2-3H,4H2,1H3. The average Bonchev–Trinajstić information content (AvgIpc) is 2.26. The zero-order chi connectivity index (χ0) is 13.2. The third-order valence-electron chi connectivity index (χ3n) is 2.28. The number of hydrogen-bond donors (Lipinski definition) is 0. The van der Waals surface area contributed by atoms with Crippen LogP contribution in [0.1, 0.15) is 27.0 Å². The molecule has 0 unspecified atom stereocenters. The van der Waals surface area contributed by atoms with Crippen LogP contribution in [-0.4, -0.2) is 11.7 Å². The van der Waals surface area contributed by atoms with E-state index in [1.165, 1.54) is 6.92 Å². The van der Waals surface area contributed by atoms with Crippen LogP contribution in [0, 0.1) is 18.3 Å². The first-order valence-electron chi connectivity index (χ1n) is 4.52. The van der Waals surface area contributed by atoms with Crippen molar-refractivity contribution < 1.29 is 18.0 Å². The van der Waals surface area contributed by atoms with E-state index in [0.29, 0.717) is 0 Å². The lowest BCUT2D eigenvalue weighted by molar-refractivity contribution is -0.137. The van der Waals surface area contributed by atoms with E-state index in [2.05, 4.69) is 0 Å². The van der Waals surface area contributed by atoms with Gasteiger partial charge in [-0.2, -0.15) is 18.4 Å². The first kappa shape index (κ1) is 13.5. The molecule has 1 rings (SSSR count). The SMILES string of the molecule is Cc1c(C#N)cc(C(F)(F)F)cc1C(=O)CCl. The lowest BCUT2D eigenvalue weighted by Crippen LogP contribution is -2.11. The van der Waals surface area contributed by atoms with Crippen molar-refractivity contribution in [1.82, 2.24) is 0 Å². The minimum atomic E-state index is -4.60. The van der Waals surface area contributed by atoms with E-state index in [1.54, 1.807) is 6.07 Å². The molecule has 0 saturated carbocycles. The van der Waals surface area contributed by atoms with Crippen molar-refractivity contribution in [1.29, 1.82) is 5.26 Å². The Hall–Kier alpha value is -1.54. The van der Waals surface area contributed by atoms with Gasteiger partial charge >= 0.3 is 6.18 Å². The zero-order valence-electron chi connectivity index (χ0n) is 8.73. The third kappa shape index (κ3) is 2.77. The number of benzene rings is 1. The van der Waals surface area contributed by atoms with Gasteiger partial charge in [0.05, 0.1) is 23.1 Å². The number of ketones is 1. The number of nitrogens with zero attached hydrogens (tertiary/aromatic N) is 1. The van der Waals surface area contributed by atoms with Crippen molar-refractivity contribution in [2.24, 2.45) is 0 Å². The van der Waals surface area contributed by atoms with E-state index >= 15 is 0 Å². The molecule has 90 valence electrons. The number of halogens is 4. The van der Waals surface area contributed by atoms with Gasteiger partial charge in [-0.15, -0.1) is 11.6 Å². The molecule has 1 aromatic carbocycles. The van der Waals surface area contributed by atoms with Crippen LogP contribution < -0.4 is 0 Å². The van der Waals surface area contributed by atoms with Crippen LogP contribution in [0.4, 0.5) is 13.2 Å². The van der Waals surface area contributed by atoms with Crippen molar-refractivity contribution in [2.45, 2.75) is 13.1 Å². The van der Waals surface area contributed by atoms with E-state index in [0.717, 1.165) is 12.1 Å². The van der Waals surface area contributed by atoms with Gasteiger partial charge in [-0.1, -0.05) is 0 Å². The Morgan fingerprint density at radius 3 is 2.47 bits per heavy atom. The Morgan fingerprint density at radius 2 is 2.06 bits per heavy atom. The van der Waals surface area contributed by atoms with Gasteiger partial charge in [0.1, 0.15) is 0 Å². The molecule has 0 aliphatic rings. The Labute approximate surface area is 101 Å². The van der Waals surface area contributed by atoms with Crippen LogP contribution in [0.3, 0.4) is 0 Å². The van der Waals surface area contributed by atoms with Crippen LogP contribution in [0.5, 0.6) is 0 Å². The molecule has 2 nitrogen and oxygen atoms in total. The lowest BCUT2D eigenvalue weighted by Gasteiger charge is -2.11. The summed E-state index contributed by atoms with van der Waals surface area (Å²) < 4.78 is 37.6. The minimum Gasteiger partial charge on any atom is -0.293 e. The zero-order valence-corrected chi connectivity index (χ0v) is 9.49. The lowest BCUT2D eigenvalue weighted by atomic mass is 9.97. The largest absolute Gasteiger partial charge is 0.416 e. The second kappa shape index (κ2) is 4.76. The van der Waals surface area contributed by atoms with Crippen molar-refractivity contribution in [3.8, 4) is 6.07 Å². The number of hydrogen-bond acceptors (Lipinski definition) is 2. The number of nitriles is 1. The molecule has 0 bridgehead atoms. The van der Waals surface area contributed by atoms with Gasteiger partial charge in [0.25, 0.3) is 0 Å². The number of carbonyl (C=O) groups is 1. The second-order valence-electron chi connectivity index (χ2n) is 3.36. The second-order valence-corrected chi connectivity index (χ2v) is 3.63. The quantitative estimate of drug-likeness (QED) is 0.605. The fraction of sp³-hybridized carbons (Fsp3) is 0.273. The number of Topliss-reactive ketones (excluding diaryl/α,β-unsaturated/α-hetero) is 1. The molecule has 0 amide bonds. The highest BCUT2D eigenvalue weighted by atomic mass is 35.5. The monoisotopic (exact) mass is 261 g/mol. The van der Waals surface area contributed by atoms with E-state index in [4.69, 9.17) is 16.9 Å². The fourth-order valence-electron chi connectivity index (χ4n) is 1.36. The van der Waals surface area contributed by atoms with Crippen molar-refractivity contribution in [3.63, 3.8) is 0 Å². The highest BCUT2D eigenvalue weighted by Gasteiger charge is 2.32. The van der Waals surface area contributed by atoms with Crippen LogP contribution >= 0.6 is 11.6 Å². The Kier molecular flexibility index (Phi) is 3.79. The molecule has 6 heteroatoms. The van der Waals surface area contributed by atoms with Crippen LogP contribution in [-0.2, 0) is 6.18 Å². The molecule has 0 heterocycles. The minimum absolute atomic E-state index is 0.161. The molecule has 0 aromatic heterocycles. The first-order chi connectivity index (χ1) is 7.81. The van der Waals surface area contributed by atoms with Crippen molar-refractivity contribution >= 4 is 17.4 Å². The van der Waals surface area contributed by atoms with Gasteiger partial charge in [0.2, 0.25) is 0 Å². The normalized spacial score (nSPS) is 11.1. The third-order valence-corrected chi connectivity index (χ3v) is 2.52. The molecule has 17 heavy (non-hydrogen) atoms. The molecule has 0 spiro atoms. The van der Waals surface area contributed by atoms with Gasteiger partial charge < -0.3 is 0 Å². The summed E-state index contributed by atoms with van der Waals surface area (Å²) in [7, 11) is 0. The summed E-state index contributed by atoms with van der Waals surface area (Å²) in [6.45, 7) is 1.42. The summed E-state index contributed by atoms with van der Waals surface area (Å²) in [6, 6.07) is 3.08. The molecule has 0 atom stereocenters. The molecule has 1 aromatic rings. The summed E-state index contributed by atoms with van der Waals surface area (Å²) in [5.74, 6) is -1.06. The van der Waals surface area contributed by atoms with Gasteiger partial charge in [-0.25, -0.2) is 0 Å². The molecule has 0 saturated heterocycles. The number of rotatable bonds is 2. The molecule has 0 N–H and O–H groups in total. The topological polar surface area (TPSA) is 40.9 Å². The smallest absolute Gasteiger partial charge is 0.293 e. The van der Waals surface area contributed by atoms with Crippen LogP contribution in [0.2, 0.25) is 0 Å². The van der Waals surface area contributed by atoms with Crippen LogP contribution in [0.25, 0.3) is 0 Å². The summed E-state index contributed by atoms with van der Waals surface area (Å²) in [5.41, 5.74) is -1.14. The highest BCUT2D eigenvalue weighted by molar-refractivity contribution is 6.30. The predicted octanol–water partition coefficient (Wildman–Crippen LogP) is 3.31. The predicted molar refractivity (Wildman–Crippen MR) is 55.9 cm³/mol. The average molecular weight is 262 g/mol.